The fourth-order valence-corrected chi connectivity index (χ4v) is 4.26. The first-order chi connectivity index (χ1) is 8.40. The molecule has 3 heterocycles. The van der Waals surface area contributed by atoms with Gasteiger partial charge in [-0.1, -0.05) is 0 Å². The summed E-state index contributed by atoms with van der Waals surface area (Å²) >= 11 is 2.11. The minimum absolute atomic E-state index is 0.795. The SMILES string of the molecule is c1c(C2CC2)nn2c1CN([C@H]1CCSC1)CC2. The molecule has 1 aliphatic carbocycles. The van der Waals surface area contributed by atoms with E-state index in [-0.39, 0.29) is 0 Å². The summed E-state index contributed by atoms with van der Waals surface area (Å²) in [6, 6.07) is 3.19. The molecule has 17 heavy (non-hydrogen) atoms. The number of nitrogens with zero attached hydrogens (tertiary/aromatic N) is 3. The van der Waals surface area contributed by atoms with E-state index in [1.165, 1.54) is 48.7 Å². The molecule has 1 aromatic heterocycles. The van der Waals surface area contributed by atoms with Crippen molar-refractivity contribution < 1.29 is 0 Å². The number of hydrogen-bond donors (Lipinski definition) is 0. The topological polar surface area (TPSA) is 21.1 Å². The molecule has 2 aliphatic heterocycles. The highest BCUT2D eigenvalue weighted by Crippen LogP contribution is 2.40. The Morgan fingerprint density at radius 2 is 2.18 bits per heavy atom. The van der Waals surface area contributed by atoms with Gasteiger partial charge in [-0.15, -0.1) is 0 Å². The molecule has 0 bridgehead atoms. The Balaban J connectivity index is 1.53. The van der Waals surface area contributed by atoms with E-state index in [1.807, 2.05) is 0 Å². The summed E-state index contributed by atoms with van der Waals surface area (Å²) in [4.78, 5) is 2.67. The molecule has 92 valence electrons. The van der Waals surface area contributed by atoms with Crippen molar-refractivity contribution in [3.05, 3.63) is 17.5 Å². The Hall–Kier alpha value is -0.480. The number of fused-ring (bicyclic) bond motifs is 1. The van der Waals surface area contributed by atoms with Gasteiger partial charge in [0, 0.05) is 30.8 Å². The molecule has 0 radical (unpaired) electrons. The van der Waals surface area contributed by atoms with E-state index in [4.69, 9.17) is 5.10 Å². The molecule has 1 saturated heterocycles. The van der Waals surface area contributed by atoms with Gasteiger partial charge in [-0.05, 0) is 31.1 Å². The smallest absolute Gasteiger partial charge is 0.0658 e. The van der Waals surface area contributed by atoms with Crippen LogP contribution in [-0.2, 0) is 13.1 Å². The van der Waals surface area contributed by atoms with Crippen LogP contribution < -0.4 is 0 Å². The second-order valence-electron chi connectivity index (χ2n) is 5.55. The van der Waals surface area contributed by atoms with E-state index in [1.54, 1.807) is 0 Å². The van der Waals surface area contributed by atoms with Crippen LogP contribution in [0.3, 0.4) is 0 Å². The van der Waals surface area contributed by atoms with Gasteiger partial charge in [0.25, 0.3) is 0 Å². The van der Waals surface area contributed by atoms with Gasteiger partial charge in [-0.2, -0.15) is 16.9 Å². The van der Waals surface area contributed by atoms with Gasteiger partial charge in [-0.3, -0.25) is 9.58 Å². The molecule has 0 spiro atoms. The molecule has 1 atom stereocenters. The summed E-state index contributed by atoms with van der Waals surface area (Å²) < 4.78 is 2.26. The van der Waals surface area contributed by atoms with E-state index in [2.05, 4.69) is 27.4 Å². The summed E-state index contributed by atoms with van der Waals surface area (Å²) in [5.74, 6) is 3.49. The molecule has 2 fully saturated rings. The third-order valence-corrected chi connectivity index (χ3v) is 5.41. The predicted molar refractivity (Wildman–Crippen MR) is 70.3 cm³/mol. The van der Waals surface area contributed by atoms with Crippen molar-refractivity contribution in [3.8, 4) is 0 Å². The first-order valence-corrected chi connectivity index (χ1v) is 7.94. The molecule has 0 N–H and O–H groups in total. The van der Waals surface area contributed by atoms with E-state index < -0.39 is 0 Å². The van der Waals surface area contributed by atoms with Crippen molar-refractivity contribution >= 4 is 11.8 Å². The molecule has 1 aromatic rings. The molecule has 3 nitrogen and oxygen atoms in total. The third kappa shape index (κ3) is 1.91. The van der Waals surface area contributed by atoms with Gasteiger partial charge in [0.1, 0.15) is 0 Å². The van der Waals surface area contributed by atoms with Crippen LogP contribution in [0.2, 0.25) is 0 Å². The summed E-state index contributed by atoms with van der Waals surface area (Å²) in [6.45, 7) is 3.43. The maximum Gasteiger partial charge on any atom is 0.0658 e. The highest BCUT2D eigenvalue weighted by molar-refractivity contribution is 7.99. The second-order valence-corrected chi connectivity index (χ2v) is 6.70. The lowest BCUT2D eigenvalue weighted by Crippen LogP contribution is -2.41. The molecule has 4 rings (SSSR count). The van der Waals surface area contributed by atoms with Crippen molar-refractivity contribution in [2.24, 2.45) is 0 Å². The van der Waals surface area contributed by atoms with Crippen molar-refractivity contribution in [1.82, 2.24) is 14.7 Å². The average molecular weight is 249 g/mol. The lowest BCUT2D eigenvalue weighted by molar-refractivity contribution is 0.164. The van der Waals surface area contributed by atoms with Crippen LogP contribution in [0.15, 0.2) is 6.07 Å². The lowest BCUT2D eigenvalue weighted by atomic mass is 10.1. The van der Waals surface area contributed by atoms with Crippen LogP contribution in [0.5, 0.6) is 0 Å². The molecule has 0 unspecified atom stereocenters. The van der Waals surface area contributed by atoms with Gasteiger partial charge >= 0.3 is 0 Å². The largest absolute Gasteiger partial charge is 0.292 e. The summed E-state index contributed by atoms with van der Waals surface area (Å²) in [7, 11) is 0. The van der Waals surface area contributed by atoms with Crippen LogP contribution in [-0.4, -0.2) is 38.8 Å². The van der Waals surface area contributed by atoms with Crippen LogP contribution in [0.4, 0.5) is 0 Å². The zero-order valence-corrected chi connectivity index (χ0v) is 11.0. The van der Waals surface area contributed by atoms with Crippen LogP contribution in [0.1, 0.15) is 36.6 Å². The van der Waals surface area contributed by atoms with Crippen molar-refractivity contribution in [3.63, 3.8) is 0 Å². The molecular formula is C13H19N3S. The molecule has 4 heteroatoms. The fourth-order valence-electron chi connectivity index (χ4n) is 3.01. The van der Waals surface area contributed by atoms with Gasteiger partial charge in [-0.25, -0.2) is 0 Å². The zero-order chi connectivity index (χ0) is 11.2. The number of thioether (sulfide) groups is 1. The predicted octanol–water partition coefficient (Wildman–Crippen LogP) is 2.08. The van der Waals surface area contributed by atoms with Gasteiger partial charge < -0.3 is 0 Å². The highest BCUT2D eigenvalue weighted by atomic mass is 32.2. The monoisotopic (exact) mass is 249 g/mol. The molecule has 0 aromatic carbocycles. The van der Waals surface area contributed by atoms with Gasteiger partial charge in [0.2, 0.25) is 0 Å². The normalized spacial score (nSPS) is 29.5. The standard InChI is InChI=1S/C13H19N3S/c1-2-10(1)13-7-12-8-15(4-5-16(12)14-13)11-3-6-17-9-11/h7,10-11H,1-6,8-9H2/t11-/m0/s1. The number of rotatable bonds is 2. The zero-order valence-electron chi connectivity index (χ0n) is 10.1. The van der Waals surface area contributed by atoms with Crippen molar-refractivity contribution in [2.45, 2.75) is 44.3 Å². The van der Waals surface area contributed by atoms with Crippen LogP contribution in [0.25, 0.3) is 0 Å². The van der Waals surface area contributed by atoms with Gasteiger partial charge in [0.15, 0.2) is 0 Å². The number of hydrogen-bond acceptors (Lipinski definition) is 3. The Morgan fingerprint density at radius 3 is 2.94 bits per heavy atom. The quantitative estimate of drug-likeness (QED) is 0.801. The molecule has 1 saturated carbocycles. The summed E-state index contributed by atoms with van der Waals surface area (Å²) in [5, 5.41) is 4.76. The van der Waals surface area contributed by atoms with Crippen LogP contribution in [0, 0.1) is 0 Å². The molecule has 0 amide bonds. The van der Waals surface area contributed by atoms with E-state index in [0.29, 0.717) is 0 Å². The highest BCUT2D eigenvalue weighted by Gasteiger charge is 2.31. The van der Waals surface area contributed by atoms with E-state index >= 15 is 0 Å². The Morgan fingerprint density at radius 1 is 1.24 bits per heavy atom. The Kier molecular flexibility index (Phi) is 2.47. The summed E-state index contributed by atoms with van der Waals surface area (Å²) in [6.07, 6.45) is 4.10. The first kappa shape index (κ1) is 10.4. The second kappa shape index (κ2) is 4.02. The van der Waals surface area contributed by atoms with Crippen molar-refractivity contribution in [2.75, 3.05) is 18.1 Å². The lowest BCUT2D eigenvalue weighted by Gasteiger charge is -2.32. The average Bonchev–Trinajstić information content (AvgIpc) is 2.92. The minimum Gasteiger partial charge on any atom is -0.292 e. The first-order valence-electron chi connectivity index (χ1n) is 6.78. The Bertz CT molecular complexity index is 418. The summed E-state index contributed by atoms with van der Waals surface area (Å²) in [5.41, 5.74) is 2.82. The third-order valence-electron chi connectivity index (χ3n) is 4.26. The Labute approximate surface area is 107 Å². The minimum atomic E-state index is 0.795. The maximum absolute atomic E-state index is 4.76. The molecule has 3 aliphatic rings. The van der Waals surface area contributed by atoms with Crippen LogP contribution >= 0.6 is 11.8 Å². The molecular weight excluding hydrogens is 230 g/mol. The van der Waals surface area contributed by atoms with Gasteiger partial charge in [0.05, 0.1) is 17.9 Å². The fraction of sp³-hybridized carbons (Fsp3) is 0.769. The number of aromatic nitrogens is 2. The maximum atomic E-state index is 4.76. The van der Waals surface area contributed by atoms with E-state index in [0.717, 1.165) is 25.0 Å². The van der Waals surface area contributed by atoms with E-state index in [9.17, 15) is 0 Å². The van der Waals surface area contributed by atoms with Crippen molar-refractivity contribution in [1.29, 1.82) is 0 Å².